The van der Waals surface area contributed by atoms with Crippen molar-refractivity contribution in [3.8, 4) is 11.8 Å². The van der Waals surface area contributed by atoms with Gasteiger partial charge < -0.3 is 15.0 Å². The summed E-state index contributed by atoms with van der Waals surface area (Å²) in [4.78, 5) is 26.9. The van der Waals surface area contributed by atoms with Gasteiger partial charge in [0.25, 0.3) is 5.69 Å². The molecule has 1 aromatic carbocycles. The number of allylic oxidation sites excluding steroid dienone is 2. The molecule has 0 radical (unpaired) electrons. The first-order valence-corrected chi connectivity index (χ1v) is 8.50. The molecule has 0 fully saturated rings. The maximum Gasteiger partial charge on any atom is 0.272 e. The number of rotatable bonds is 5. The van der Waals surface area contributed by atoms with E-state index >= 15 is 0 Å². The maximum absolute atomic E-state index is 14.4. The molecule has 0 spiro atoms. The minimum atomic E-state index is -0.904. The Balaban J connectivity index is 2.03. The standard InChI is InChI=1S/C20H14FN5O4/c1-12-3-5-15(10-23-12)30-19-8-14(11-27)25(2)20(16(19)9-22)24-18-6-4-13(26(28)29)7-17(18)21/h3-8,10,24H,1-2H3. The second-order valence-electron chi connectivity index (χ2n) is 6.17. The number of nitro benzene ring substituents is 1. The predicted octanol–water partition coefficient (Wildman–Crippen LogP) is 3.21. The van der Waals surface area contributed by atoms with Gasteiger partial charge in [-0.05, 0) is 25.1 Å². The first kappa shape index (κ1) is 20.3. The van der Waals surface area contributed by atoms with E-state index in [2.05, 4.69) is 10.3 Å². The molecule has 1 N–H and O–H groups in total. The fourth-order valence-electron chi connectivity index (χ4n) is 2.62. The van der Waals surface area contributed by atoms with Crippen LogP contribution in [0.25, 0.3) is 0 Å². The van der Waals surface area contributed by atoms with Gasteiger partial charge in [0.1, 0.15) is 28.9 Å². The van der Waals surface area contributed by atoms with Crippen LogP contribution < -0.4 is 10.1 Å². The second kappa shape index (κ2) is 8.26. The van der Waals surface area contributed by atoms with Crippen molar-refractivity contribution >= 4 is 17.3 Å². The zero-order valence-electron chi connectivity index (χ0n) is 15.8. The molecule has 150 valence electrons. The Labute approximate surface area is 170 Å². The van der Waals surface area contributed by atoms with Crippen molar-refractivity contribution in [2.24, 2.45) is 0 Å². The third-order valence-corrected chi connectivity index (χ3v) is 4.19. The number of hydrogen-bond acceptors (Lipinski definition) is 8. The van der Waals surface area contributed by atoms with E-state index in [0.29, 0.717) is 5.75 Å². The summed E-state index contributed by atoms with van der Waals surface area (Å²) in [5.41, 5.74) is 0.219. The summed E-state index contributed by atoms with van der Waals surface area (Å²) in [5.74, 6) is 1.23. The van der Waals surface area contributed by atoms with Gasteiger partial charge in [-0.25, -0.2) is 9.18 Å². The van der Waals surface area contributed by atoms with Crippen LogP contribution in [-0.4, -0.2) is 27.8 Å². The molecule has 0 aliphatic carbocycles. The Kier molecular flexibility index (Phi) is 5.58. The Morgan fingerprint density at radius 1 is 1.33 bits per heavy atom. The van der Waals surface area contributed by atoms with E-state index in [4.69, 9.17) is 4.74 Å². The molecule has 1 aliphatic rings. The summed E-state index contributed by atoms with van der Waals surface area (Å²) in [6.07, 6.45) is 2.78. The number of hydrogen-bond donors (Lipinski definition) is 1. The first-order chi connectivity index (χ1) is 14.3. The van der Waals surface area contributed by atoms with Gasteiger partial charge >= 0.3 is 0 Å². The number of nitriles is 1. The van der Waals surface area contributed by atoms with E-state index in [-0.39, 0.29) is 28.5 Å². The summed E-state index contributed by atoms with van der Waals surface area (Å²) in [6.45, 7) is 1.80. The van der Waals surface area contributed by atoms with Gasteiger partial charge in [-0.2, -0.15) is 5.26 Å². The van der Waals surface area contributed by atoms with Crippen LogP contribution in [0.4, 0.5) is 15.8 Å². The van der Waals surface area contributed by atoms with Crippen LogP contribution in [-0.2, 0) is 4.79 Å². The first-order valence-electron chi connectivity index (χ1n) is 8.50. The van der Waals surface area contributed by atoms with Crippen LogP contribution in [0, 0.1) is 34.2 Å². The number of benzene rings is 1. The molecule has 10 heteroatoms. The zero-order valence-corrected chi connectivity index (χ0v) is 15.8. The number of nitrogens with one attached hydrogen (secondary N) is 1. The van der Waals surface area contributed by atoms with Crippen molar-refractivity contribution in [3.63, 3.8) is 0 Å². The van der Waals surface area contributed by atoms with Crippen molar-refractivity contribution < 1.29 is 18.8 Å². The van der Waals surface area contributed by atoms with E-state index in [0.717, 1.165) is 23.9 Å². The molecular weight excluding hydrogens is 393 g/mol. The molecule has 9 nitrogen and oxygen atoms in total. The van der Waals surface area contributed by atoms with Crippen molar-refractivity contribution in [1.82, 2.24) is 9.88 Å². The number of ether oxygens (including phenoxy) is 1. The van der Waals surface area contributed by atoms with Gasteiger partial charge in [0, 0.05) is 24.9 Å². The highest BCUT2D eigenvalue weighted by atomic mass is 19.1. The lowest BCUT2D eigenvalue weighted by molar-refractivity contribution is -0.385. The molecule has 1 aliphatic heterocycles. The average Bonchev–Trinajstić information content (AvgIpc) is 2.73. The predicted molar refractivity (Wildman–Crippen MR) is 104 cm³/mol. The van der Waals surface area contributed by atoms with Crippen LogP contribution in [0.5, 0.6) is 5.75 Å². The van der Waals surface area contributed by atoms with Crippen LogP contribution in [0.2, 0.25) is 0 Å². The fourth-order valence-corrected chi connectivity index (χ4v) is 2.62. The highest BCUT2D eigenvalue weighted by molar-refractivity contribution is 5.66. The number of non-ortho nitro benzene ring substituents is 1. The molecule has 30 heavy (non-hydrogen) atoms. The summed E-state index contributed by atoms with van der Waals surface area (Å²) in [5, 5.41) is 23.2. The number of anilines is 1. The van der Waals surface area contributed by atoms with Crippen LogP contribution in [0.15, 0.2) is 65.5 Å². The number of carbonyl (C=O) groups excluding carboxylic acids is 1. The van der Waals surface area contributed by atoms with E-state index < -0.39 is 16.4 Å². The smallest absolute Gasteiger partial charge is 0.272 e. The molecule has 3 rings (SSSR count). The van der Waals surface area contributed by atoms with Gasteiger partial charge in [0.15, 0.2) is 17.5 Å². The Morgan fingerprint density at radius 2 is 2.10 bits per heavy atom. The normalized spacial score (nSPS) is 13.3. The number of pyridine rings is 1. The van der Waals surface area contributed by atoms with Gasteiger partial charge in [-0.3, -0.25) is 15.1 Å². The molecule has 2 heterocycles. The average molecular weight is 407 g/mol. The molecule has 0 unspecified atom stereocenters. The van der Waals surface area contributed by atoms with Crippen LogP contribution in [0.1, 0.15) is 5.69 Å². The number of nitrogens with zero attached hydrogens (tertiary/aromatic N) is 4. The topological polar surface area (TPSA) is 121 Å². The lowest BCUT2D eigenvalue weighted by Crippen LogP contribution is -2.29. The van der Waals surface area contributed by atoms with Gasteiger partial charge in [0.05, 0.1) is 22.9 Å². The maximum atomic E-state index is 14.4. The largest absolute Gasteiger partial charge is 0.454 e. The number of likely N-dealkylation sites (N-methyl/N-ethyl adjacent to an activating group) is 1. The Bertz CT molecular complexity index is 1170. The molecule has 0 bridgehead atoms. The van der Waals surface area contributed by atoms with Crippen molar-refractivity contribution in [3.05, 3.63) is 87.1 Å². The summed E-state index contributed by atoms with van der Waals surface area (Å²) < 4.78 is 20.1. The van der Waals surface area contributed by atoms with Gasteiger partial charge in [0.2, 0.25) is 0 Å². The monoisotopic (exact) mass is 407 g/mol. The molecular formula is C20H14FN5O4. The van der Waals surface area contributed by atoms with E-state index in [1.165, 1.54) is 24.2 Å². The van der Waals surface area contributed by atoms with Crippen molar-refractivity contribution in [2.75, 3.05) is 12.4 Å². The Hall–Kier alpha value is -4.48. The second-order valence-corrected chi connectivity index (χ2v) is 6.17. The number of aryl methyl sites for hydroxylation is 1. The number of nitro groups is 1. The SMILES string of the molecule is Cc1ccc(OC2=CC(=C=O)N(C)C(Nc3ccc([N+](=O)[O-])cc3F)=C2C#N)cn1. The lowest BCUT2D eigenvalue weighted by Gasteiger charge is -2.28. The number of halogens is 1. The minimum absolute atomic E-state index is 0.0187. The van der Waals surface area contributed by atoms with Crippen molar-refractivity contribution in [2.45, 2.75) is 6.92 Å². The van der Waals surface area contributed by atoms with Gasteiger partial charge in [-0.15, -0.1) is 0 Å². The summed E-state index contributed by atoms with van der Waals surface area (Å²) in [7, 11) is 1.48. The van der Waals surface area contributed by atoms with Crippen LogP contribution >= 0.6 is 0 Å². The molecule has 0 atom stereocenters. The zero-order chi connectivity index (χ0) is 21.8. The fraction of sp³-hybridized carbons (Fsp3) is 0.100. The van der Waals surface area contributed by atoms with E-state index in [9.17, 15) is 24.6 Å². The minimum Gasteiger partial charge on any atom is -0.454 e. The van der Waals surface area contributed by atoms with Crippen LogP contribution in [0.3, 0.4) is 0 Å². The summed E-state index contributed by atoms with van der Waals surface area (Å²) in [6, 6.07) is 8.35. The molecule has 0 amide bonds. The molecule has 0 saturated heterocycles. The summed E-state index contributed by atoms with van der Waals surface area (Å²) >= 11 is 0. The third-order valence-electron chi connectivity index (χ3n) is 4.19. The van der Waals surface area contributed by atoms with E-state index in [1.54, 1.807) is 25.0 Å². The number of aromatic nitrogens is 1. The quantitative estimate of drug-likeness (QED) is 0.456. The van der Waals surface area contributed by atoms with E-state index in [1.807, 2.05) is 6.07 Å². The molecule has 0 saturated carbocycles. The highest BCUT2D eigenvalue weighted by Gasteiger charge is 2.27. The van der Waals surface area contributed by atoms with Gasteiger partial charge in [-0.1, -0.05) is 0 Å². The highest BCUT2D eigenvalue weighted by Crippen LogP contribution is 2.31. The Morgan fingerprint density at radius 3 is 2.67 bits per heavy atom. The molecule has 1 aromatic heterocycles. The molecule has 2 aromatic rings. The van der Waals surface area contributed by atoms with Crippen molar-refractivity contribution in [1.29, 1.82) is 5.26 Å². The lowest BCUT2D eigenvalue weighted by atomic mass is 10.1. The third kappa shape index (κ3) is 4.01.